The van der Waals surface area contributed by atoms with Crippen LogP contribution in [0.5, 0.6) is 5.75 Å². The molecule has 0 spiro atoms. The zero-order chi connectivity index (χ0) is 19.9. The Kier molecular flexibility index (Phi) is 6.88. The number of para-hydroxylation sites is 2. The van der Waals surface area contributed by atoms with E-state index in [9.17, 15) is 4.79 Å². The number of nitrogens with zero attached hydrogens (tertiary/aromatic N) is 3. The fourth-order valence-corrected chi connectivity index (χ4v) is 4.28. The fourth-order valence-electron chi connectivity index (χ4n) is 2.35. The van der Waals surface area contributed by atoms with Crippen LogP contribution in [0.4, 0.5) is 16.6 Å². The predicted octanol–water partition coefficient (Wildman–Crippen LogP) is 4.49. The van der Waals surface area contributed by atoms with Gasteiger partial charge in [0.05, 0.1) is 17.5 Å². The van der Waals surface area contributed by atoms with E-state index in [1.165, 1.54) is 23.1 Å². The summed E-state index contributed by atoms with van der Waals surface area (Å²) >= 11 is 2.76. The molecule has 10 heteroatoms. The largest absolute Gasteiger partial charge is 0.492 e. The van der Waals surface area contributed by atoms with E-state index in [1.807, 2.05) is 38.1 Å². The highest BCUT2D eigenvalue weighted by Crippen LogP contribution is 2.34. The summed E-state index contributed by atoms with van der Waals surface area (Å²) in [6.45, 7) is 6.24. The van der Waals surface area contributed by atoms with Gasteiger partial charge in [-0.1, -0.05) is 47.3 Å². The van der Waals surface area contributed by atoms with E-state index in [4.69, 9.17) is 9.26 Å². The van der Waals surface area contributed by atoms with E-state index in [2.05, 4.69) is 26.0 Å². The predicted molar refractivity (Wildman–Crippen MR) is 111 cm³/mol. The number of rotatable bonds is 9. The minimum atomic E-state index is -0.312. The Morgan fingerprint density at radius 3 is 2.86 bits per heavy atom. The SMILES string of the molecule is CCOc1ccccc1Nc1nnc(SC(CC)C(=O)Nc2cc(C)on2)s1. The van der Waals surface area contributed by atoms with Crippen LogP contribution in [-0.2, 0) is 4.79 Å². The van der Waals surface area contributed by atoms with Gasteiger partial charge in [0.25, 0.3) is 0 Å². The van der Waals surface area contributed by atoms with Crippen LogP contribution in [0.3, 0.4) is 0 Å². The first kappa shape index (κ1) is 20.2. The van der Waals surface area contributed by atoms with Gasteiger partial charge < -0.3 is 19.9 Å². The first-order valence-corrected chi connectivity index (χ1v) is 10.5. The maximum atomic E-state index is 12.5. The van der Waals surface area contributed by atoms with Gasteiger partial charge in [-0.2, -0.15) is 0 Å². The van der Waals surface area contributed by atoms with Crippen LogP contribution in [0, 0.1) is 6.92 Å². The number of hydrogen-bond donors (Lipinski definition) is 2. The minimum Gasteiger partial charge on any atom is -0.492 e. The van der Waals surface area contributed by atoms with Crippen LogP contribution in [0.2, 0.25) is 0 Å². The average molecular weight is 420 g/mol. The third kappa shape index (κ3) is 5.23. The second-order valence-electron chi connectivity index (χ2n) is 5.75. The highest BCUT2D eigenvalue weighted by molar-refractivity contribution is 8.02. The standard InChI is InChI=1S/C18H21N5O3S2/c1-4-14(16(24)20-15-10-11(3)26-23-15)27-18-22-21-17(28-18)19-12-8-6-7-9-13(12)25-5-2/h6-10,14H,4-5H2,1-3H3,(H,19,21)(H,20,23,24). The lowest BCUT2D eigenvalue weighted by molar-refractivity contribution is -0.115. The highest BCUT2D eigenvalue weighted by atomic mass is 32.2. The third-order valence-electron chi connectivity index (χ3n) is 3.62. The second kappa shape index (κ2) is 9.56. The Labute approximate surface area is 171 Å². The Bertz CT molecular complexity index is 927. The molecule has 0 aliphatic heterocycles. The Hall–Kier alpha value is -2.59. The number of aromatic nitrogens is 3. The van der Waals surface area contributed by atoms with Crippen LogP contribution in [0.15, 0.2) is 39.2 Å². The molecule has 0 aliphatic rings. The van der Waals surface area contributed by atoms with Gasteiger partial charge in [-0.05, 0) is 32.4 Å². The van der Waals surface area contributed by atoms with Crippen LogP contribution in [0.25, 0.3) is 0 Å². The number of amides is 1. The number of carbonyl (C=O) groups is 1. The lowest BCUT2D eigenvalue weighted by Gasteiger charge is -2.11. The molecule has 2 aromatic heterocycles. The van der Waals surface area contributed by atoms with Gasteiger partial charge in [0.15, 0.2) is 10.2 Å². The molecule has 3 aromatic rings. The van der Waals surface area contributed by atoms with Crippen molar-refractivity contribution in [1.29, 1.82) is 0 Å². The summed E-state index contributed by atoms with van der Waals surface area (Å²) in [7, 11) is 0. The molecule has 1 amide bonds. The number of aryl methyl sites for hydroxylation is 1. The van der Waals surface area contributed by atoms with E-state index in [0.29, 0.717) is 34.1 Å². The monoisotopic (exact) mass is 419 g/mol. The minimum absolute atomic E-state index is 0.146. The van der Waals surface area contributed by atoms with Gasteiger partial charge in [0.2, 0.25) is 11.0 Å². The summed E-state index contributed by atoms with van der Waals surface area (Å²) < 4.78 is 11.3. The zero-order valence-corrected chi connectivity index (χ0v) is 17.4. The molecule has 0 saturated heterocycles. The van der Waals surface area contributed by atoms with E-state index in [1.54, 1.807) is 13.0 Å². The van der Waals surface area contributed by atoms with Gasteiger partial charge >= 0.3 is 0 Å². The number of thioether (sulfide) groups is 1. The summed E-state index contributed by atoms with van der Waals surface area (Å²) in [5.74, 6) is 1.66. The maximum absolute atomic E-state index is 12.5. The third-order valence-corrected chi connectivity index (χ3v) is 5.91. The topological polar surface area (TPSA) is 102 Å². The van der Waals surface area contributed by atoms with Crippen LogP contribution >= 0.6 is 23.1 Å². The molecule has 2 heterocycles. The van der Waals surface area contributed by atoms with Gasteiger partial charge in [-0.15, -0.1) is 10.2 Å². The molecule has 0 fully saturated rings. The quantitative estimate of drug-likeness (QED) is 0.489. The van der Waals surface area contributed by atoms with Crippen LogP contribution in [-0.4, -0.2) is 33.1 Å². The van der Waals surface area contributed by atoms with Gasteiger partial charge in [-0.3, -0.25) is 4.79 Å². The average Bonchev–Trinajstić information content (AvgIpc) is 3.30. The molecule has 8 nitrogen and oxygen atoms in total. The highest BCUT2D eigenvalue weighted by Gasteiger charge is 2.21. The van der Waals surface area contributed by atoms with Crippen molar-refractivity contribution in [3.8, 4) is 5.75 Å². The summed E-state index contributed by atoms with van der Waals surface area (Å²) in [4.78, 5) is 12.5. The molecular weight excluding hydrogens is 398 g/mol. The number of nitrogens with one attached hydrogen (secondary N) is 2. The van der Waals surface area contributed by atoms with Crippen molar-refractivity contribution in [2.45, 2.75) is 36.8 Å². The van der Waals surface area contributed by atoms with E-state index in [-0.39, 0.29) is 11.2 Å². The molecule has 1 unspecified atom stereocenters. The van der Waals surface area contributed by atoms with Crippen LogP contribution in [0.1, 0.15) is 26.0 Å². The second-order valence-corrected chi connectivity index (χ2v) is 8.18. The van der Waals surface area contributed by atoms with Crippen LogP contribution < -0.4 is 15.4 Å². The van der Waals surface area contributed by atoms with Gasteiger partial charge in [0, 0.05) is 6.07 Å². The fraction of sp³-hybridized carbons (Fsp3) is 0.333. The molecule has 0 bridgehead atoms. The smallest absolute Gasteiger partial charge is 0.239 e. The Morgan fingerprint density at radius 2 is 2.14 bits per heavy atom. The number of ether oxygens (including phenoxy) is 1. The summed E-state index contributed by atoms with van der Waals surface area (Å²) in [5.41, 5.74) is 0.822. The molecular formula is C18H21N5O3S2. The van der Waals surface area contributed by atoms with Crippen molar-refractivity contribution < 1.29 is 14.1 Å². The van der Waals surface area contributed by atoms with Crippen molar-refractivity contribution in [2.24, 2.45) is 0 Å². The summed E-state index contributed by atoms with van der Waals surface area (Å²) in [5, 5.41) is 18.5. The molecule has 0 radical (unpaired) electrons. The summed E-state index contributed by atoms with van der Waals surface area (Å²) in [6.07, 6.45) is 0.642. The molecule has 3 rings (SSSR count). The molecule has 2 N–H and O–H groups in total. The molecule has 0 saturated carbocycles. The van der Waals surface area contributed by atoms with Crippen molar-refractivity contribution in [2.75, 3.05) is 17.2 Å². The summed E-state index contributed by atoms with van der Waals surface area (Å²) in [6, 6.07) is 9.33. The number of benzene rings is 1. The van der Waals surface area contributed by atoms with E-state index >= 15 is 0 Å². The molecule has 1 aromatic carbocycles. The van der Waals surface area contributed by atoms with E-state index in [0.717, 1.165) is 11.4 Å². The molecule has 0 aliphatic carbocycles. The lowest BCUT2D eigenvalue weighted by atomic mass is 10.3. The Morgan fingerprint density at radius 1 is 1.32 bits per heavy atom. The molecule has 1 atom stereocenters. The molecule has 28 heavy (non-hydrogen) atoms. The lowest BCUT2D eigenvalue weighted by Crippen LogP contribution is -2.24. The Balaban J connectivity index is 1.63. The zero-order valence-electron chi connectivity index (χ0n) is 15.8. The number of anilines is 3. The number of carbonyl (C=O) groups excluding carboxylic acids is 1. The van der Waals surface area contributed by atoms with Crippen molar-refractivity contribution in [3.05, 3.63) is 36.1 Å². The van der Waals surface area contributed by atoms with Crippen molar-refractivity contribution in [1.82, 2.24) is 15.4 Å². The van der Waals surface area contributed by atoms with Crippen molar-refractivity contribution >= 4 is 45.6 Å². The first-order valence-electron chi connectivity index (χ1n) is 8.82. The number of hydrogen-bond acceptors (Lipinski definition) is 9. The van der Waals surface area contributed by atoms with Gasteiger partial charge in [0.1, 0.15) is 11.5 Å². The first-order chi connectivity index (χ1) is 13.6. The van der Waals surface area contributed by atoms with Crippen molar-refractivity contribution in [3.63, 3.8) is 0 Å². The van der Waals surface area contributed by atoms with E-state index < -0.39 is 0 Å². The maximum Gasteiger partial charge on any atom is 0.239 e. The molecule has 148 valence electrons. The van der Waals surface area contributed by atoms with Gasteiger partial charge in [-0.25, -0.2) is 0 Å². The normalized spacial score (nSPS) is 11.8.